The van der Waals surface area contributed by atoms with Gasteiger partial charge in [0, 0.05) is 10.6 Å². The topological polar surface area (TPSA) is 18.5 Å². The summed E-state index contributed by atoms with van der Waals surface area (Å²) < 4.78 is 23.6. The van der Waals surface area contributed by atoms with Crippen molar-refractivity contribution in [3.63, 3.8) is 0 Å². The Balaban J connectivity index is 1.70. The summed E-state index contributed by atoms with van der Waals surface area (Å²) in [4.78, 5) is 1.14. The van der Waals surface area contributed by atoms with Crippen molar-refractivity contribution in [3.05, 3.63) is 54.3 Å². The molecule has 0 saturated heterocycles. The highest BCUT2D eigenvalue weighted by Gasteiger charge is 2.02. The molecule has 106 valence electrons. The van der Waals surface area contributed by atoms with Crippen LogP contribution in [0.3, 0.4) is 0 Å². The molecule has 2 aromatic carbocycles. The van der Waals surface area contributed by atoms with Gasteiger partial charge in [-0.25, -0.2) is 4.39 Å². The van der Waals surface area contributed by atoms with Crippen LogP contribution in [0.2, 0.25) is 0 Å². The Labute approximate surface area is 122 Å². The Kier molecular flexibility index (Phi) is 5.74. The molecular weight excluding hydrogens is 275 g/mol. The number of methoxy groups -OCH3 is 1. The quantitative estimate of drug-likeness (QED) is 0.557. The second kappa shape index (κ2) is 7.80. The zero-order valence-corrected chi connectivity index (χ0v) is 12.2. The molecule has 20 heavy (non-hydrogen) atoms. The summed E-state index contributed by atoms with van der Waals surface area (Å²) in [5, 5.41) is 0. The van der Waals surface area contributed by atoms with Crippen LogP contribution in [-0.2, 0) is 0 Å². The van der Waals surface area contributed by atoms with E-state index in [4.69, 9.17) is 9.47 Å². The van der Waals surface area contributed by atoms with Crippen molar-refractivity contribution >= 4 is 11.8 Å². The van der Waals surface area contributed by atoms with Gasteiger partial charge in [-0.15, -0.1) is 11.8 Å². The molecule has 0 bridgehead atoms. The first-order valence-corrected chi connectivity index (χ1v) is 7.42. The monoisotopic (exact) mass is 292 g/mol. The molecule has 0 atom stereocenters. The molecule has 0 aliphatic heterocycles. The molecule has 2 aromatic rings. The molecular formula is C16H17FO2S. The van der Waals surface area contributed by atoms with E-state index in [1.807, 2.05) is 24.3 Å². The zero-order valence-electron chi connectivity index (χ0n) is 11.3. The lowest BCUT2D eigenvalue weighted by Crippen LogP contribution is -1.98. The lowest BCUT2D eigenvalue weighted by molar-refractivity contribution is 0.318. The number of halogens is 1. The Bertz CT molecular complexity index is 528. The van der Waals surface area contributed by atoms with Gasteiger partial charge in [-0.1, -0.05) is 12.1 Å². The largest absolute Gasteiger partial charge is 0.496 e. The summed E-state index contributed by atoms with van der Waals surface area (Å²) in [7, 11) is 1.68. The van der Waals surface area contributed by atoms with E-state index in [0.717, 1.165) is 22.8 Å². The molecule has 0 amide bonds. The Morgan fingerprint density at radius 2 is 1.80 bits per heavy atom. The van der Waals surface area contributed by atoms with Crippen LogP contribution in [0.25, 0.3) is 0 Å². The van der Waals surface area contributed by atoms with Crippen molar-refractivity contribution < 1.29 is 13.9 Å². The standard InChI is InChI=1S/C16H17FO2S/c1-18-15-5-2-3-6-16(15)20-12-4-11-19-14-9-7-13(17)8-10-14/h2-3,5-10H,4,11-12H2,1H3. The minimum absolute atomic E-state index is 0.246. The van der Waals surface area contributed by atoms with Gasteiger partial charge in [-0.05, 0) is 42.8 Å². The third-order valence-electron chi connectivity index (χ3n) is 2.70. The molecule has 0 aliphatic carbocycles. The van der Waals surface area contributed by atoms with Gasteiger partial charge >= 0.3 is 0 Å². The SMILES string of the molecule is COc1ccccc1SCCCOc1ccc(F)cc1. The van der Waals surface area contributed by atoms with E-state index in [2.05, 4.69) is 0 Å². The lowest BCUT2D eigenvalue weighted by atomic mass is 10.3. The predicted molar refractivity (Wildman–Crippen MR) is 80.2 cm³/mol. The average Bonchev–Trinajstić information content (AvgIpc) is 2.49. The van der Waals surface area contributed by atoms with Gasteiger partial charge in [0.15, 0.2) is 0 Å². The van der Waals surface area contributed by atoms with Crippen molar-refractivity contribution in [1.29, 1.82) is 0 Å². The van der Waals surface area contributed by atoms with E-state index in [0.29, 0.717) is 12.4 Å². The van der Waals surface area contributed by atoms with Crippen LogP contribution in [-0.4, -0.2) is 19.5 Å². The maximum Gasteiger partial charge on any atom is 0.132 e. The van der Waals surface area contributed by atoms with E-state index in [9.17, 15) is 4.39 Å². The van der Waals surface area contributed by atoms with Crippen molar-refractivity contribution in [2.24, 2.45) is 0 Å². The third kappa shape index (κ3) is 4.46. The summed E-state index contributed by atoms with van der Waals surface area (Å²) in [5.41, 5.74) is 0. The number of benzene rings is 2. The van der Waals surface area contributed by atoms with Crippen LogP contribution >= 0.6 is 11.8 Å². The summed E-state index contributed by atoms with van der Waals surface area (Å²) in [5.74, 6) is 2.30. The highest BCUT2D eigenvalue weighted by atomic mass is 32.2. The zero-order chi connectivity index (χ0) is 14.2. The summed E-state index contributed by atoms with van der Waals surface area (Å²) >= 11 is 1.74. The van der Waals surface area contributed by atoms with Crippen LogP contribution in [0.1, 0.15) is 6.42 Å². The van der Waals surface area contributed by atoms with Gasteiger partial charge in [0.2, 0.25) is 0 Å². The van der Waals surface area contributed by atoms with Crippen LogP contribution in [0.5, 0.6) is 11.5 Å². The minimum Gasteiger partial charge on any atom is -0.496 e. The maximum absolute atomic E-state index is 12.7. The van der Waals surface area contributed by atoms with Gasteiger partial charge in [0.25, 0.3) is 0 Å². The van der Waals surface area contributed by atoms with Crippen molar-refractivity contribution in [1.82, 2.24) is 0 Å². The molecule has 0 spiro atoms. The molecule has 0 radical (unpaired) electrons. The van der Waals surface area contributed by atoms with Gasteiger partial charge in [0.1, 0.15) is 17.3 Å². The molecule has 0 N–H and O–H groups in total. The first kappa shape index (κ1) is 14.7. The second-order valence-electron chi connectivity index (χ2n) is 4.16. The van der Waals surface area contributed by atoms with Gasteiger partial charge in [-0.2, -0.15) is 0 Å². The maximum atomic E-state index is 12.7. The van der Waals surface area contributed by atoms with E-state index in [1.54, 1.807) is 31.0 Å². The van der Waals surface area contributed by atoms with Crippen LogP contribution in [0.15, 0.2) is 53.4 Å². The molecule has 0 aromatic heterocycles. The number of hydrogen-bond donors (Lipinski definition) is 0. The highest BCUT2D eigenvalue weighted by molar-refractivity contribution is 7.99. The molecule has 0 aliphatic rings. The first-order valence-electron chi connectivity index (χ1n) is 6.44. The normalized spacial score (nSPS) is 10.3. The molecule has 0 saturated carbocycles. The molecule has 2 rings (SSSR count). The number of ether oxygens (including phenoxy) is 2. The highest BCUT2D eigenvalue weighted by Crippen LogP contribution is 2.28. The molecule has 0 heterocycles. The Morgan fingerprint density at radius 1 is 1.05 bits per heavy atom. The summed E-state index contributed by atoms with van der Waals surface area (Å²) in [6.45, 7) is 0.619. The van der Waals surface area contributed by atoms with Crippen LogP contribution in [0.4, 0.5) is 4.39 Å². The lowest BCUT2D eigenvalue weighted by Gasteiger charge is -2.08. The fourth-order valence-electron chi connectivity index (χ4n) is 1.70. The number of para-hydroxylation sites is 1. The molecule has 0 unspecified atom stereocenters. The summed E-state index contributed by atoms with van der Waals surface area (Å²) in [6, 6.07) is 14.0. The van der Waals surface area contributed by atoms with Gasteiger partial charge < -0.3 is 9.47 Å². The number of hydrogen-bond acceptors (Lipinski definition) is 3. The van der Waals surface area contributed by atoms with Gasteiger partial charge in [0.05, 0.1) is 13.7 Å². The smallest absolute Gasteiger partial charge is 0.132 e. The van der Waals surface area contributed by atoms with E-state index < -0.39 is 0 Å². The fraction of sp³-hybridized carbons (Fsp3) is 0.250. The first-order chi connectivity index (χ1) is 9.79. The summed E-state index contributed by atoms with van der Waals surface area (Å²) in [6.07, 6.45) is 0.917. The number of thioether (sulfide) groups is 1. The molecule has 4 heteroatoms. The van der Waals surface area contributed by atoms with E-state index in [1.165, 1.54) is 12.1 Å². The van der Waals surface area contributed by atoms with Crippen LogP contribution < -0.4 is 9.47 Å². The fourth-order valence-corrected chi connectivity index (χ4v) is 2.65. The van der Waals surface area contributed by atoms with Crippen molar-refractivity contribution in [3.8, 4) is 11.5 Å². The van der Waals surface area contributed by atoms with Crippen molar-refractivity contribution in [2.45, 2.75) is 11.3 Å². The Hall–Kier alpha value is -1.68. The number of rotatable bonds is 7. The predicted octanol–water partition coefficient (Wildman–Crippen LogP) is 4.40. The minimum atomic E-state index is -0.246. The van der Waals surface area contributed by atoms with E-state index >= 15 is 0 Å². The third-order valence-corrected chi connectivity index (χ3v) is 3.84. The van der Waals surface area contributed by atoms with Crippen LogP contribution in [0, 0.1) is 5.82 Å². The van der Waals surface area contributed by atoms with Gasteiger partial charge in [-0.3, -0.25) is 0 Å². The van der Waals surface area contributed by atoms with E-state index in [-0.39, 0.29) is 5.82 Å². The second-order valence-corrected chi connectivity index (χ2v) is 5.29. The Morgan fingerprint density at radius 3 is 2.55 bits per heavy atom. The molecule has 0 fully saturated rings. The average molecular weight is 292 g/mol. The molecule has 2 nitrogen and oxygen atoms in total. The van der Waals surface area contributed by atoms with Crippen molar-refractivity contribution in [2.75, 3.05) is 19.5 Å².